The van der Waals surface area contributed by atoms with E-state index in [2.05, 4.69) is 5.32 Å². The summed E-state index contributed by atoms with van der Waals surface area (Å²) in [5.74, 6) is -1.52. The molecule has 0 saturated carbocycles. The lowest BCUT2D eigenvalue weighted by Crippen LogP contribution is -2.29. The number of halogens is 1. The van der Waals surface area contributed by atoms with Crippen molar-refractivity contribution in [2.45, 2.75) is 19.1 Å². The van der Waals surface area contributed by atoms with Gasteiger partial charge >= 0.3 is 5.97 Å². The van der Waals surface area contributed by atoms with E-state index >= 15 is 0 Å². The minimum atomic E-state index is -1.21. The molecule has 19 heavy (non-hydrogen) atoms. The molecule has 0 fully saturated rings. The fourth-order valence-electron chi connectivity index (χ4n) is 1.64. The molecule has 106 valence electrons. The van der Waals surface area contributed by atoms with Gasteiger partial charge < -0.3 is 20.3 Å². The van der Waals surface area contributed by atoms with Crippen LogP contribution in [0.3, 0.4) is 0 Å². The van der Waals surface area contributed by atoms with Crippen LogP contribution in [0, 0.1) is 5.82 Å². The van der Waals surface area contributed by atoms with Crippen LogP contribution in [-0.2, 0) is 4.74 Å². The Bertz CT molecular complexity index is 439. The third kappa shape index (κ3) is 3.99. The quantitative estimate of drug-likeness (QED) is 0.661. The van der Waals surface area contributed by atoms with Gasteiger partial charge in [0.15, 0.2) is 0 Å². The number of hydrogen-bond acceptors (Lipinski definition) is 5. The van der Waals surface area contributed by atoms with Gasteiger partial charge in [-0.2, -0.15) is 0 Å². The highest BCUT2D eigenvalue weighted by Crippen LogP contribution is 2.20. The largest absolute Gasteiger partial charge is 0.462 e. The average Bonchev–Trinajstić information content (AvgIpc) is 2.39. The van der Waals surface area contributed by atoms with Crippen LogP contribution in [0.4, 0.5) is 4.39 Å². The molecule has 1 rings (SSSR count). The van der Waals surface area contributed by atoms with E-state index in [1.807, 2.05) is 0 Å². The van der Waals surface area contributed by atoms with Gasteiger partial charge in [0.1, 0.15) is 11.9 Å². The third-order valence-corrected chi connectivity index (χ3v) is 2.61. The first-order valence-corrected chi connectivity index (χ1v) is 5.98. The van der Waals surface area contributed by atoms with E-state index in [-0.39, 0.29) is 24.3 Å². The van der Waals surface area contributed by atoms with Crippen molar-refractivity contribution in [1.82, 2.24) is 5.32 Å². The topological polar surface area (TPSA) is 78.8 Å². The number of likely N-dealkylation sites (N-methyl/N-ethyl adjacent to an activating group) is 1. The zero-order chi connectivity index (χ0) is 14.4. The van der Waals surface area contributed by atoms with Gasteiger partial charge in [0, 0.05) is 6.54 Å². The number of carbonyl (C=O) groups is 1. The Balaban J connectivity index is 2.98. The first kappa shape index (κ1) is 15.6. The number of nitrogens with one attached hydrogen (secondary N) is 1. The highest BCUT2D eigenvalue weighted by atomic mass is 19.1. The summed E-state index contributed by atoms with van der Waals surface area (Å²) in [6.07, 6.45) is -2.26. The SMILES string of the molecule is CCOC(=O)c1cc(C(O)C(O)CNC)ccc1F. The molecule has 0 bridgehead atoms. The zero-order valence-electron chi connectivity index (χ0n) is 10.9. The predicted octanol–water partition coefficient (Wildman–Crippen LogP) is 0.616. The maximum atomic E-state index is 13.5. The number of ether oxygens (including phenoxy) is 1. The van der Waals surface area contributed by atoms with Gasteiger partial charge in [-0.25, -0.2) is 9.18 Å². The molecule has 0 aliphatic heterocycles. The van der Waals surface area contributed by atoms with Crippen molar-refractivity contribution in [1.29, 1.82) is 0 Å². The molecular weight excluding hydrogens is 253 g/mol. The van der Waals surface area contributed by atoms with Crippen LogP contribution in [-0.4, -0.2) is 42.5 Å². The van der Waals surface area contributed by atoms with E-state index in [0.717, 1.165) is 6.07 Å². The third-order valence-electron chi connectivity index (χ3n) is 2.61. The Kier molecular flexibility index (Phi) is 5.88. The molecule has 2 atom stereocenters. The highest BCUT2D eigenvalue weighted by Gasteiger charge is 2.21. The number of hydrogen-bond donors (Lipinski definition) is 3. The van der Waals surface area contributed by atoms with Crippen molar-refractivity contribution in [3.05, 3.63) is 35.1 Å². The second kappa shape index (κ2) is 7.18. The van der Waals surface area contributed by atoms with Crippen LogP contribution in [0.2, 0.25) is 0 Å². The summed E-state index contributed by atoms with van der Waals surface area (Å²) in [4.78, 5) is 11.5. The molecule has 5 nitrogen and oxygen atoms in total. The average molecular weight is 271 g/mol. The van der Waals surface area contributed by atoms with E-state index in [9.17, 15) is 19.4 Å². The Labute approximate surface area is 111 Å². The van der Waals surface area contributed by atoms with Crippen LogP contribution in [0.1, 0.15) is 28.9 Å². The molecule has 0 aliphatic carbocycles. The molecule has 6 heteroatoms. The summed E-state index contributed by atoms with van der Waals surface area (Å²) in [5.41, 5.74) is 0.00209. The summed E-state index contributed by atoms with van der Waals surface area (Å²) in [7, 11) is 1.63. The standard InChI is InChI=1S/C13H18FNO4/c1-3-19-13(18)9-6-8(4-5-10(9)14)12(17)11(16)7-15-2/h4-6,11-12,15-17H,3,7H2,1-2H3. The van der Waals surface area contributed by atoms with Crippen molar-refractivity contribution < 1.29 is 24.1 Å². The zero-order valence-corrected chi connectivity index (χ0v) is 10.9. The second-order valence-corrected chi connectivity index (χ2v) is 4.03. The molecule has 0 saturated heterocycles. The monoisotopic (exact) mass is 271 g/mol. The van der Waals surface area contributed by atoms with Gasteiger partial charge in [0.2, 0.25) is 0 Å². The van der Waals surface area contributed by atoms with Gasteiger partial charge in [0.25, 0.3) is 0 Å². The molecule has 0 aromatic heterocycles. The second-order valence-electron chi connectivity index (χ2n) is 4.03. The first-order valence-electron chi connectivity index (χ1n) is 5.98. The van der Waals surface area contributed by atoms with Crippen LogP contribution >= 0.6 is 0 Å². The predicted molar refractivity (Wildman–Crippen MR) is 67.2 cm³/mol. The smallest absolute Gasteiger partial charge is 0.341 e. The lowest BCUT2D eigenvalue weighted by atomic mass is 10.0. The van der Waals surface area contributed by atoms with Crippen molar-refractivity contribution >= 4 is 5.97 Å². The molecule has 3 N–H and O–H groups in total. The van der Waals surface area contributed by atoms with Gasteiger partial charge in [-0.1, -0.05) is 6.07 Å². The fourth-order valence-corrected chi connectivity index (χ4v) is 1.64. The molecule has 1 aromatic rings. The summed E-state index contributed by atoms with van der Waals surface area (Å²) in [6.45, 7) is 1.92. The summed E-state index contributed by atoms with van der Waals surface area (Å²) >= 11 is 0. The molecule has 0 amide bonds. The normalized spacial score (nSPS) is 13.9. The van der Waals surface area contributed by atoms with Crippen molar-refractivity contribution in [3.63, 3.8) is 0 Å². The number of aliphatic hydroxyl groups is 2. The number of rotatable bonds is 6. The number of esters is 1. The number of benzene rings is 1. The fraction of sp³-hybridized carbons (Fsp3) is 0.462. The maximum Gasteiger partial charge on any atom is 0.341 e. The van der Waals surface area contributed by atoms with Gasteiger partial charge in [-0.05, 0) is 31.7 Å². The molecule has 0 spiro atoms. The van der Waals surface area contributed by atoms with Crippen molar-refractivity contribution in [2.24, 2.45) is 0 Å². The van der Waals surface area contributed by atoms with Crippen LogP contribution in [0.5, 0.6) is 0 Å². The lowest BCUT2D eigenvalue weighted by molar-refractivity contribution is 0.0200. The molecule has 0 radical (unpaired) electrons. The Morgan fingerprint density at radius 2 is 2.16 bits per heavy atom. The summed E-state index contributed by atoms with van der Waals surface area (Å²) < 4.78 is 18.2. The van der Waals surface area contributed by atoms with Crippen molar-refractivity contribution in [3.8, 4) is 0 Å². The van der Waals surface area contributed by atoms with E-state index < -0.39 is 24.0 Å². The minimum absolute atomic E-state index is 0.132. The number of carbonyl (C=O) groups excluding carboxylic acids is 1. The van der Waals surface area contributed by atoms with Gasteiger partial charge in [-0.15, -0.1) is 0 Å². The molecule has 0 heterocycles. The summed E-state index contributed by atoms with van der Waals surface area (Å²) in [6, 6.07) is 3.58. The number of aliphatic hydroxyl groups excluding tert-OH is 2. The van der Waals surface area contributed by atoms with Crippen LogP contribution in [0.15, 0.2) is 18.2 Å². The maximum absolute atomic E-state index is 13.5. The first-order chi connectivity index (χ1) is 9.01. The van der Waals surface area contributed by atoms with Gasteiger partial charge in [0.05, 0.1) is 18.3 Å². The Hall–Kier alpha value is -1.50. The molecule has 1 aromatic carbocycles. The summed E-state index contributed by atoms with van der Waals surface area (Å²) in [5, 5.41) is 22.2. The lowest BCUT2D eigenvalue weighted by Gasteiger charge is -2.18. The minimum Gasteiger partial charge on any atom is -0.462 e. The van der Waals surface area contributed by atoms with Gasteiger partial charge in [-0.3, -0.25) is 0 Å². The van der Waals surface area contributed by atoms with E-state index in [0.29, 0.717) is 0 Å². The molecule has 0 aliphatic rings. The Morgan fingerprint density at radius 3 is 2.74 bits per heavy atom. The van der Waals surface area contributed by atoms with E-state index in [1.165, 1.54) is 12.1 Å². The van der Waals surface area contributed by atoms with E-state index in [1.54, 1.807) is 14.0 Å². The van der Waals surface area contributed by atoms with Crippen LogP contribution < -0.4 is 5.32 Å². The molecular formula is C13H18FNO4. The van der Waals surface area contributed by atoms with E-state index in [4.69, 9.17) is 4.74 Å². The molecule has 2 unspecified atom stereocenters. The Morgan fingerprint density at radius 1 is 1.47 bits per heavy atom. The highest BCUT2D eigenvalue weighted by molar-refractivity contribution is 5.89. The van der Waals surface area contributed by atoms with Crippen molar-refractivity contribution in [2.75, 3.05) is 20.2 Å². The van der Waals surface area contributed by atoms with Crippen LogP contribution in [0.25, 0.3) is 0 Å².